The third-order valence-corrected chi connectivity index (χ3v) is 2.69. The number of aromatic nitrogens is 3. The molecule has 0 fully saturated rings. The maximum absolute atomic E-state index is 5.78. The molecule has 5 heteroatoms. The first-order chi connectivity index (χ1) is 6.18. The maximum Gasteiger partial charge on any atom is 0.170 e. The van der Waals surface area contributed by atoms with E-state index < -0.39 is 0 Å². The average Bonchev–Trinajstić information content (AvgIpc) is 2.58. The van der Waals surface area contributed by atoms with Gasteiger partial charge in [0.25, 0.3) is 0 Å². The number of hydrogen-bond donors (Lipinski definition) is 1. The first kappa shape index (κ1) is 8.25. The standard InChI is InChI=1S/C8H10N4S/c1-5-10-8(12(2)11-5)7-6(9)3-4-13-7/h3-4H,9H2,1-2H3. The Morgan fingerprint density at radius 2 is 2.31 bits per heavy atom. The zero-order chi connectivity index (χ0) is 9.42. The lowest BCUT2D eigenvalue weighted by Crippen LogP contribution is -1.95. The van der Waals surface area contributed by atoms with Gasteiger partial charge in [-0.1, -0.05) is 0 Å². The molecular formula is C8H10N4S. The van der Waals surface area contributed by atoms with Gasteiger partial charge in [-0.2, -0.15) is 5.10 Å². The van der Waals surface area contributed by atoms with Crippen molar-refractivity contribution in [1.82, 2.24) is 14.8 Å². The molecule has 0 atom stereocenters. The zero-order valence-corrected chi connectivity index (χ0v) is 8.30. The lowest BCUT2D eigenvalue weighted by Gasteiger charge is -1.96. The van der Waals surface area contributed by atoms with Crippen LogP contribution in [0.25, 0.3) is 10.7 Å². The molecule has 0 radical (unpaired) electrons. The van der Waals surface area contributed by atoms with Crippen molar-refractivity contribution in [2.45, 2.75) is 6.92 Å². The van der Waals surface area contributed by atoms with E-state index in [2.05, 4.69) is 10.1 Å². The van der Waals surface area contributed by atoms with Gasteiger partial charge in [-0.25, -0.2) is 9.67 Å². The Labute approximate surface area is 80.0 Å². The minimum absolute atomic E-state index is 0.764. The maximum atomic E-state index is 5.78. The number of anilines is 1. The molecule has 0 saturated carbocycles. The molecule has 0 saturated heterocycles. The molecular weight excluding hydrogens is 184 g/mol. The van der Waals surface area contributed by atoms with Gasteiger partial charge in [0.05, 0.1) is 10.6 Å². The second kappa shape index (κ2) is 2.85. The lowest BCUT2D eigenvalue weighted by molar-refractivity contribution is 0.765. The average molecular weight is 194 g/mol. The topological polar surface area (TPSA) is 56.7 Å². The molecule has 2 heterocycles. The molecule has 0 unspecified atom stereocenters. The summed E-state index contributed by atoms with van der Waals surface area (Å²) in [5.41, 5.74) is 6.54. The molecule has 2 N–H and O–H groups in total. The summed E-state index contributed by atoms with van der Waals surface area (Å²) in [7, 11) is 1.87. The van der Waals surface area contributed by atoms with E-state index in [1.165, 1.54) is 0 Å². The molecule has 0 aliphatic carbocycles. The molecule has 2 aromatic rings. The molecule has 0 bridgehead atoms. The van der Waals surface area contributed by atoms with E-state index in [4.69, 9.17) is 5.73 Å². The Balaban J connectivity index is 2.58. The van der Waals surface area contributed by atoms with Crippen molar-refractivity contribution in [3.05, 3.63) is 17.3 Å². The Bertz CT molecular complexity index is 429. The fourth-order valence-electron chi connectivity index (χ4n) is 1.21. The van der Waals surface area contributed by atoms with E-state index in [1.807, 2.05) is 25.4 Å². The fourth-order valence-corrected chi connectivity index (χ4v) is 2.05. The predicted octanol–water partition coefficient (Wildman–Crippen LogP) is 1.43. The third kappa shape index (κ3) is 1.31. The van der Waals surface area contributed by atoms with Crippen molar-refractivity contribution in [3.63, 3.8) is 0 Å². The van der Waals surface area contributed by atoms with Crippen molar-refractivity contribution < 1.29 is 0 Å². The van der Waals surface area contributed by atoms with Gasteiger partial charge in [0.2, 0.25) is 0 Å². The lowest BCUT2D eigenvalue weighted by atomic mass is 10.4. The Morgan fingerprint density at radius 3 is 2.77 bits per heavy atom. The van der Waals surface area contributed by atoms with Crippen molar-refractivity contribution in [2.75, 3.05) is 5.73 Å². The predicted molar refractivity (Wildman–Crippen MR) is 53.5 cm³/mol. The van der Waals surface area contributed by atoms with Crippen LogP contribution in [0, 0.1) is 6.92 Å². The Morgan fingerprint density at radius 1 is 1.54 bits per heavy atom. The SMILES string of the molecule is Cc1nc(-c2sccc2N)n(C)n1. The first-order valence-corrected chi connectivity index (χ1v) is 4.77. The number of rotatable bonds is 1. The second-order valence-electron chi connectivity index (χ2n) is 2.81. The number of thiophene rings is 1. The third-order valence-electron chi connectivity index (χ3n) is 1.77. The number of nitrogens with two attached hydrogens (primary N) is 1. The minimum atomic E-state index is 0.764. The molecule has 13 heavy (non-hydrogen) atoms. The summed E-state index contributed by atoms with van der Waals surface area (Å²) in [6.07, 6.45) is 0. The van der Waals surface area contributed by atoms with Gasteiger partial charge >= 0.3 is 0 Å². The molecule has 2 aromatic heterocycles. The van der Waals surface area contributed by atoms with E-state index in [1.54, 1.807) is 16.0 Å². The summed E-state index contributed by atoms with van der Waals surface area (Å²) in [6, 6.07) is 1.88. The normalized spacial score (nSPS) is 10.6. The summed E-state index contributed by atoms with van der Waals surface area (Å²) in [5, 5.41) is 6.12. The summed E-state index contributed by atoms with van der Waals surface area (Å²) in [4.78, 5) is 5.28. The van der Waals surface area contributed by atoms with E-state index in [-0.39, 0.29) is 0 Å². The highest BCUT2D eigenvalue weighted by Crippen LogP contribution is 2.29. The van der Waals surface area contributed by atoms with Crippen molar-refractivity contribution in [2.24, 2.45) is 7.05 Å². The minimum Gasteiger partial charge on any atom is -0.397 e. The van der Waals surface area contributed by atoms with E-state index in [0.29, 0.717) is 0 Å². The van der Waals surface area contributed by atoms with Gasteiger partial charge in [0.15, 0.2) is 5.82 Å². The molecule has 2 rings (SSSR count). The highest BCUT2D eigenvalue weighted by molar-refractivity contribution is 7.14. The Kier molecular flexibility index (Phi) is 1.81. The molecule has 4 nitrogen and oxygen atoms in total. The summed E-state index contributed by atoms with van der Waals surface area (Å²) < 4.78 is 1.75. The van der Waals surface area contributed by atoms with Crippen LogP contribution < -0.4 is 5.73 Å². The van der Waals surface area contributed by atoms with Gasteiger partial charge < -0.3 is 5.73 Å². The molecule has 0 spiro atoms. The highest BCUT2D eigenvalue weighted by atomic mass is 32.1. The summed E-state index contributed by atoms with van der Waals surface area (Å²) >= 11 is 1.58. The van der Waals surface area contributed by atoms with Crippen molar-refractivity contribution in [3.8, 4) is 10.7 Å². The van der Waals surface area contributed by atoms with Gasteiger partial charge in [-0.15, -0.1) is 11.3 Å². The molecule has 0 aliphatic rings. The number of nitrogens with zero attached hydrogens (tertiary/aromatic N) is 3. The van der Waals surface area contributed by atoms with E-state index >= 15 is 0 Å². The quantitative estimate of drug-likeness (QED) is 0.747. The smallest absolute Gasteiger partial charge is 0.170 e. The van der Waals surface area contributed by atoms with Gasteiger partial charge in [0.1, 0.15) is 5.82 Å². The highest BCUT2D eigenvalue weighted by Gasteiger charge is 2.10. The largest absolute Gasteiger partial charge is 0.397 e. The molecule has 0 aliphatic heterocycles. The van der Waals surface area contributed by atoms with Crippen LogP contribution in [0.4, 0.5) is 5.69 Å². The van der Waals surface area contributed by atoms with Crippen LogP contribution in [-0.4, -0.2) is 14.8 Å². The molecule has 68 valence electrons. The van der Waals surface area contributed by atoms with Crippen LogP contribution in [0.3, 0.4) is 0 Å². The number of nitrogen functional groups attached to an aromatic ring is 1. The summed E-state index contributed by atoms with van der Waals surface area (Å²) in [6.45, 7) is 1.87. The van der Waals surface area contributed by atoms with Crippen LogP contribution in [-0.2, 0) is 7.05 Å². The number of hydrogen-bond acceptors (Lipinski definition) is 4. The van der Waals surface area contributed by atoms with Crippen LogP contribution in [0.1, 0.15) is 5.82 Å². The monoisotopic (exact) mass is 194 g/mol. The van der Waals surface area contributed by atoms with Crippen LogP contribution in [0.15, 0.2) is 11.4 Å². The summed E-state index contributed by atoms with van der Waals surface area (Å²) in [5.74, 6) is 1.61. The first-order valence-electron chi connectivity index (χ1n) is 3.89. The number of aryl methyl sites for hydroxylation is 2. The zero-order valence-electron chi connectivity index (χ0n) is 7.48. The molecule has 0 aromatic carbocycles. The van der Waals surface area contributed by atoms with Gasteiger partial charge in [-0.3, -0.25) is 0 Å². The second-order valence-corrected chi connectivity index (χ2v) is 3.73. The van der Waals surface area contributed by atoms with Crippen LogP contribution in [0.5, 0.6) is 0 Å². The Hall–Kier alpha value is -1.36. The van der Waals surface area contributed by atoms with Crippen LogP contribution >= 0.6 is 11.3 Å². The van der Waals surface area contributed by atoms with Crippen molar-refractivity contribution >= 4 is 17.0 Å². The van der Waals surface area contributed by atoms with Crippen molar-refractivity contribution in [1.29, 1.82) is 0 Å². The van der Waals surface area contributed by atoms with Crippen LogP contribution in [0.2, 0.25) is 0 Å². The van der Waals surface area contributed by atoms with E-state index in [0.717, 1.165) is 22.2 Å². The molecule has 0 amide bonds. The van der Waals surface area contributed by atoms with Gasteiger partial charge in [0, 0.05) is 7.05 Å². The van der Waals surface area contributed by atoms with E-state index in [9.17, 15) is 0 Å². The fraction of sp³-hybridized carbons (Fsp3) is 0.250. The van der Waals surface area contributed by atoms with Gasteiger partial charge in [-0.05, 0) is 18.4 Å².